The van der Waals surface area contributed by atoms with Gasteiger partial charge in [0.1, 0.15) is 5.01 Å². The molecule has 3 rings (SSSR count). The van der Waals surface area contributed by atoms with Crippen LogP contribution >= 0.6 is 22.9 Å². The lowest BCUT2D eigenvalue weighted by atomic mass is 10.2. The van der Waals surface area contributed by atoms with E-state index < -0.39 is 11.8 Å². The van der Waals surface area contributed by atoms with E-state index in [1.54, 1.807) is 11.8 Å². The summed E-state index contributed by atoms with van der Waals surface area (Å²) in [4.78, 5) is 27.9. The van der Waals surface area contributed by atoms with Gasteiger partial charge in [0.25, 0.3) is 0 Å². The topological polar surface area (TPSA) is 78.4 Å². The molecule has 9 heteroatoms. The van der Waals surface area contributed by atoms with E-state index in [0.717, 1.165) is 10.7 Å². The molecule has 1 aromatic heterocycles. The molecule has 2 heterocycles. The predicted molar refractivity (Wildman–Crippen MR) is 93.5 cm³/mol. The Balaban J connectivity index is 1.55. The van der Waals surface area contributed by atoms with Crippen molar-refractivity contribution in [3.63, 3.8) is 0 Å². The fourth-order valence-corrected chi connectivity index (χ4v) is 3.25. The molecule has 0 bridgehead atoms. The maximum absolute atomic E-state index is 12.2. The second-order valence-corrected chi connectivity index (χ2v) is 6.96. The van der Waals surface area contributed by atoms with Gasteiger partial charge in [-0.25, -0.2) is 0 Å². The number of aromatic nitrogens is 2. The molecule has 126 valence electrons. The summed E-state index contributed by atoms with van der Waals surface area (Å²) in [5, 5.41) is 11.8. The summed E-state index contributed by atoms with van der Waals surface area (Å²) in [5.74, 6) is -1.23. The highest BCUT2D eigenvalue weighted by molar-refractivity contribution is 7.15. The van der Waals surface area contributed by atoms with Crippen molar-refractivity contribution >= 4 is 45.6 Å². The summed E-state index contributed by atoms with van der Waals surface area (Å²) < 4.78 is 0. The van der Waals surface area contributed by atoms with Crippen molar-refractivity contribution < 1.29 is 9.59 Å². The lowest BCUT2D eigenvalue weighted by Crippen LogP contribution is -2.51. The molecule has 2 aromatic rings. The van der Waals surface area contributed by atoms with Crippen LogP contribution in [-0.4, -0.2) is 53.1 Å². The van der Waals surface area contributed by atoms with Gasteiger partial charge in [-0.1, -0.05) is 29.0 Å². The van der Waals surface area contributed by atoms with Crippen LogP contribution in [0.2, 0.25) is 5.02 Å². The van der Waals surface area contributed by atoms with Gasteiger partial charge in [-0.2, -0.15) is 0 Å². The van der Waals surface area contributed by atoms with Crippen molar-refractivity contribution in [2.45, 2.75) is 6.92 Å². The maximum Gasteiger partial charge on any atom is 0.315 e. The zero-order valence-electron chi connectivity index (χ0n) is 13.0. The highest BCUT2D eigenvalue weighted by Gasteiger charge is 2.26. The standard InChI is InChI=1S/C15H16ClN5O2S/c1-10-18-19-15(24-10)17-13(22)14(23)21-7-5-20(6-8-21)12-4-2-3-11(16)9-12/h2-4,9H,5-8H2,1H3,(H,17,19,22). The molecule has 0 atom stereocenters. The van der Waals surface area contributed by atoms with Gasteiger partial charge in [0, 0.05) is 36.9 Å². The number of hydrogen-bond donors (Lipinski definition) is 1. The molecular formula is C15H16ClN5O2S. The van der Waals surface area contributed by atoms with Crippen LogP contribution in [0.5, 0.6) is 0 Å². The molecule has 2 amide bonds. The highest BCUT2D eigenvalue weighted by Crippen LogP contribution is 2.21. The number of hydrogen-bond acceptors (Lipinski definition) is 6. The Bertz CT molecular complexity index is 758. The fourth-order valence-electron chi connectivity index (χ4n) is 2.48. The molecule has 1 N–H and O–H groups in total. The minimum Gasteiger partial charge on any atom is -0.368 e. The number of rotatable bonds is 2. The Hall–Kier alpha value is -2.19. The average molecular weight is 366 g/mol. The van der Waals surface area contributed by atoms with E-state index >= 15 is 0 Å². The SMILES string of the molecule is Cc1nnc(NC(=O)C(=O)N2CCN(c3cccc(Cl)c3)CC2)s1. The van der Waals surface area contributed by atoms with Crippen LogP contribution < -0.4 is 10.2 Å². The van der Waals surface area contributed by atoms with Crippen molar-refractivity contribution in [2.75, 3.05) is 36.4 Å². The van der Waals surface area contributed by atoms with E-state index in [4.69, 9.17) is 11.6 Å². The van der Waals surface area contributed by atoms with Gasteiger partial charge in [-0.3, -0.25) is 14.9 Å². The second-order valence-electron chi connectivity index (χ2n) is 5.34. The number of piperazine rings is 1. The van der Waals surface area contributed by atoms with E-state index in [0.29, 0.717) is 36.3 Å². The minimum atomic E-state index is -0.678. The van der Waals surface area contributed by atoms with Gasteiger partial charge < -0.3 is 9.80 Å². The van der Waals surface area contributed by atoms with Gasteiger partial charge in [-0.05, 0) is 25.1 Å². The monoisotopic (exact) mass is 365 g/mol. The Morgan fingerprint density at radius 3 is 2.58 bits per heavy atom. The number of aryl methyl sites for hydroxylation is 1. The summed E-state index contributed by atoms with van der Waals surface area (Å²) in [5.41, 5.74) is 1.02. The number of anilines is 2. The van der Waals surface area contributed by atoms with Crippen molar-refractivity contribution in [2.24, 2.45) is 0 Å². The molecule has 1 saturated heterocycles. The number of benzene rings is 1. The molecule has 0 aliphatic carbocycles. The predicted octanol–water partition coefficient (Wildman–Crippen LogP) is 1.79. The summed E-state index contributed by atoms with van der Waals surface area (Å²) in [6.07, 6.45) is 0. The molecule has 0 unspecified atom stereocenters. The largest absolute Gasteiger partial charge is 0.368 e. The van der Waals surface area contributed by atoms with Crippen molar-refractivity contribution in [3.05, 3.63) is 34.3 Å². The molecule has 1 aliphatic rings. The lowest BCUT2D eigenvalue weighted by molar-refractivity contribution is -0.143. The van der Waals surface area contributed by atoms with Crippen molar-refractivity contribution in [1.82, 2.24) is 15.1 Å². The van der Waals surface area contributed by atoms with Gasteiger partial charge in [-0.15, -0.1) is 10.2 Å². The molecule has 1 aliphatic heterocycles. The maximum atomic E-state index is 12.2. The van der Waals surface area contributed by atoms with Crippen LogP contribution in [0.4, 0.5) is 10.8 Å². The third-order valence-corrected chi connectivity index (χ3v) is 4.67. The highest BCUT2D eigenvalue weighted by atomic mass is 35.5. The van der Waals surface area contributed by atoms with E-state index in [1.807, 2.05) is 24.3 Å². The Morgan fingerprint density at radius 1 is 1.21 bits per heavy atom. The fraction of sp³-hybridized carbons (Fsp3) is 0.333. The average Bonchev–Trinajstić information content (AvgIpc) is 2.99. The first-order valence-electron chi connectivity index (χ1n) is 7.44. The number of carbonyl (C=O) groups excluding carboxylic acids is 2. The van der Waals surface area contributed by atoms with Crippen LogP contribution in [0.1, 0.15) is 5.01 Å². The summed E-state index contributed by atoms with van der Waals surface area (Å²) >= 11 is 7.24. The number of halogens is 1. The molecule has 0 saturated carbocycles. The molecule has 24 heavy (non-hydrogen) atoms. The second kappa shape index (κ2) is 7.14. The van der Waals surface area contributed by atoms with Gasteiger partial charge >= 0.3 is 11.8 Å². The number of nitrogens with one attached hydrogen (secondary N) is 1. The third kappa shape index (κ3) is 3.82. The normalized spacial score (nSPS) is 14.6. The number of carbonyl (C=O) groups is 2. The van der Waals surface area contributed by atoms with E-state index in [-0.39, 0.29) is 0 Å². The Morgan fingerprint density at radius 2 is 1.96 bits per heavy atom. The minimum absolute atomic E-state index is 0.336. The van der Waals surface area contributed by atoms with E-state index in [9.17, 15) is 9.59 Å². The van der Waals surface area contributed by atoms with Crippen molar-refractivity contribution in [3.8, 4) is 0 Å². The van der Waals surface area contributed by atoms with Gasteiger partial charge in [0.15, 0.2) is 0 Å². The first-order chi connectivity index (χ1) is 11.5. The lowest BCUT2D eigenvalue weighted by Gasteiger charge is -2.35. The van der Waals surface area contributed by atoms with Gasteiger partial charge in [0.05, 0.1) is 0 Å². The van der Waals surface area contributed by atoms with Crippen LogP contribution in [0.15, 0.2) is 24.3 Å². The molecule has 1 aromatic carbocycles. The van der Waals surface area contributed by atoms with Gasteiger partial charge in [0.2, 0.25) is 5.13 Å². The Labute approximate surface area is 148 Å². The summed E-state index contributed by atoms with van der Waals surface area (Å²) in [6, 6.07) is 7.59. The van der Waals surface area contributed by atoms with Crippen LogP contribution in [0.25, 0.3) is 0 Å². The number of nitrogens with zero attached hydrogens (tertiary/aromatic N) is 4. The zero-order chi connectivity index (χ0) is 17.1. The van der Waals surface area contributed by atoms with E-state index in [2.05, 4.69) is 20.4 Å². The molecule has 1 fully saturated rings. The number of amides is 2. The first kappa shape index (κ1) is 16.7. The van der Waals surface area contributed by atoms with Crippen molar-refractivity contribution in [1.29, 1.82) is 0 Å². The van der Waals surface area contributed by atoms with Crippen LogP contribution in [-0.2, 0) is 9.59 Å². The molecule has 7 nitrogen and oxygen atoms in total. The summed E-state index contributed by atoms with van der Waals surface area (Å²) in [7, 11) is 0. The summed E-state index contributed by atoms with van der Waals surface area (Å²) in [6.45, 7) is 4.04. The smallest absolute Gasteiger partial charge is 0.315 e. The van der Waals surface area contributed by atoms with Crippen LogP contribution in [0.3, 0.4) is 0 Å². The molecular weight excluding hydrogens is 350 g/mol. The first-order valence-corrected chi connectivity index (χ1v) is 8.63. The zero-order valence-corrected chi connectivity index (χ0v) is 14.6. The Kier molecular flexibility index (Phi) is 4.96. The molecule has 0 radical (unpaired) electrons. The van der Waals surface area contributed by atoms with Crippen LogP contribution in [0, 0.1) is 6.92 Å². The van der Waals surface area contributed by atoms with E-state index in [1.165, 1.54) is 11.3 Å². The molecule has 0 spiro atoms. The third-order valence-electron chi connectivity index (χ3n) is 3.68. The quantitative estimate of drug-likeness (QED) is 0.821.